The van der Waals surface area contributed by atoms with Crippen molar-refractivity contribution < 1.29 is 0 Å². The number of rotatable bonds is 4. The summed E-state index contributed by atoms with van der Waals surface area (Å²) < 4.78 is 1.94. The highest BCUT2D eigenvalue weighted by Crippen LogP contribution is 2.28. The van der Waals surface area contributed by atoms with Gasteiger partial charge >= 0.3 is 0 Å². The second-order valence-electron chi connectivity index (χ2n) is 5.10. The first kappa shape index (κ1) is 14.2. The Bertz CT molecular complexity index is 660. The summed E-state index contributed by atoms with van der Waals surface area (Å²) in [5.74, 6) is 4.28. The van der Waals surface area contributed by atoms with E-state index in [1.165, 1.54) is 11.1 Å². The maximum atomic E-state index is 6.25. The van der Waals surface area contributed by atoms with Crippen molar-refractivity contribution >= 4 is 5.82 Å². The average molecular weight is 267 g/mol. The molecule has 0 radical (unpaired) electrons. The van der Waals surface area contributed by atoms with E-state index in [-0.39, 0.29) is 0 Å². The quantitative estimate of drug-likeness (QED) is 0.863. The highest BCUT2D eigenvalue weighted by atomic mass is 15.1. The number of aryl methyl sites for hydroxylation is 3. The average Bonchev–Trinajstić information content (AvgIpc) is 2.72. The van der Waals surface area contributed by atoms with Crippen LogP contribution in [-0.4, -0.2) is 9.55 Å². The first-order valence-electron chi connectivity index (χ1n) is 6.94. The van der Waals surface area contributed by atoms with Gasteiger partial charge in [0.25, 0.3) is 0 Å². The van der Waals surface area contributed by atoms with Gasteiger partial charge in [0.2, 0.25) is 0 Å². The third kappa shape index (κ3) is 2.55. The maximum Gasteiger partial charge on any atom is 0.132 e. The fourth-order valence-electron chi connectivity index (χ4n) is 2.30. The molecule has 0 atom stereocenters. The maximum absolute atomic E-state index is 6.25. The van der Waals surface area contributed by atoms with Crippen LogP contribution in [0.3, 0.4) is 0 Å². The second kappa shape index (κ2) is 5.83. The standard InChI is InChI=1S/C17H21N3/c1-5-7-15-19-16(17(18)20(15)10-6-2)14-9-8-12(3)13(4)11-14/h2,8-9,11H,5,7,10,18H2,1,3-4H3. The zero-order valence-corrected chi connectivity index (χ0v) is 12.4. The Kier molecular flexibility index (Phi) is 4.14. The van der Waals surface area contributed by atoms with Gasteiger partial charge in [0.05, 0.1) is 6.54 Å². The molecule has 0 unspecified atom stereocenters. The Morgan fingerprint density at radius 2 is 2.05 bits per heavy atom. The summed E-state index contributed by atoms with van der Waals surface area (Å²) in [7, 11) is 0. The van der Waals surface area contributed by atoms with Gasteiger partial charge < -0.3 is 10.3 Å². The Balaban J connectivity index is 2.54. The molecule has 2 rings (SSSR count). The fourth-order valence-corrected chi connectivity index (χ4v) is 2.30. The molecule has 1 aromatic heterocycles. The minimum Gasteiger partial charge on any atom is -0.383 e. The van der Waals surface area contributed by atoms with Gasteiger partial charge in [-0.15, -0.1) is 6.42 Å². The zero-order valence-electron chi connectivity index (χ0n) is 12.4. The van der Waals surface area contributed by atoms with Crippen LogP contribution >= 0.6 is 0 Å². The molecule has 3 heteroatoms. The molecule has 2 aromatic rings. The summed E-state index contributed by atoms with van der Waals surface area (Å²) >= 11 is 0. The molecule has 20 heavy (non-hydrogen) atoms. The third-order valence-electron chi connectivity index (χ3n) is 3.59. The monoisotopic (exact) mass is 267 g/mol. The van der Waals surface area contributed by atoms with Crippen molar-refractivity contribution in [3.8, 4) is 23.6 Å². The van der Waals surface area contributed by atoms with Crippen LogP contribution in [0.25, 0.3) is 11.3 Å². The van der Waals surface area contributed by atoms with Crippen LogP contribution < -0.4 is 5.73 Å². The van der Waals surface area contributed by atoms with Gasteiger partial charge in [0, 0.05) is 12.0 Å². The lowest BCUT2D eigenvalue weighted by Crippen LogP contribution is -2.06. The molecule has 0 amide bonds. The minimum atomic E-state index is 0.471. The van der Waals surface area contributed by atoms with Crippen molar-refractivity contribution in [3.05, 3.63) is 35.2 Å². The van der Waals surface area contributed by atoms with Gasteiger partial charge in [-0.1, -0.05) is 25.0 Å². The predicted molar refractivity (Wildman–Crippen MR) is 84.4 cm³/mol. The summed E-state index contributed by atoms with van der Waals surface area (Å²) in [6, 6.07) is 6.30. The van der Waals surface area contributed by atoms with E-state index in [0.717, 1.165) is 29.9 Å². The molecule has 0 bridgehead atoms. The van der Waals surface area contributed by atoms with Crippen LogP contribution in [0.4, 0.5) is 5.82 Å². The number of anilines is 1. The van der Waals surface area contributed by atoms with Crippen LogP contribution in [0.15, 0.2) is 18.2 Å². The number of nitrogen functional groups attached to an aromatic ring is 1. The van der Waals surface area contributed by atoms with E-state index in [2.05, 4.69) is 44.9 Å². The smallest absolute Gasteiger partial charge is 0.132 e. The van der Waals surface area contributed by atoms with Crippen LogP contribution in [0.2, 0.25) is 0 Å². The van der Waals surface area contributed by atoms with Crippen molar-refractivity contribution in [3.63, 3.8) is 0 Å². The Morgan fingerprint density at radius 1 is 1.30 bits per heavy atom. The molecule has 104 valence electrons. The lowest BCUT2D eigenvalue weighted by Gasteiger charge is -2.06. The summed E-state index contributed by atoms with van der Waals surface area (Å²) in [4.78, 5) is 4.70. The van der Waals surface area contributed by atoms with Gasteiger partial charge in [-0.2, -0.15) is 0 Å². The van der Waals surface area contributed by atoms with Crippen molar-refractivity contribution in [2.45, 2.75) is 40.2 Å². The molecule has 0 fully saturated rings. The Morgan fingerprint density at radius 3 is 2.65 bits per heavy atom. The van der Waals surface area contributed by atoms with Crippen molar-refractivity contribution in [1.82, 2.24) is 9.55 Å². The van der Waals surface area contributed by atoms with Crippen molar-refractivity contribution in [2.24, 2.45) is 0 Å². The van der Waals surface area contributed by atoms with Gasteiger partial charge in [-0.05, 0) is 37.5 Å². The first-order valence-corrected chi connectivity index (χ1v) is 6.94. The molecule has 0 saturated carbocycles. The lowest BCUT2D eigenvalue weighted by molar-refractivity contribution is 0.733. The normalized spacial score (nSPS) is 10.5. The van der Waals surface area contributed by atoms with Crippen molar-refractivity contribution in [1.29, 1.82) is 0 Å². The highest BCUT2D eigenvalue weighted by molar-refractivity contribution is 5.72. The number of nitrogens with zero attached hydrogens (tertiary/aromatic N) is 2. The van der Waals surface area contributed by atoms with E-state index in [0.29, 0.717) is 12.4 Å². The SMILES string of the molecule is C#CCn1c(CCC)nc(-c2ccc(C)c(C)c2)c1N. The molecule has 0 aliphatic carbocycles. The minimum absolute atomic E-state index is 0.471. The molecule has 0 aliphatic heterocycles. The molecule has 3 nitrogen and oxygen atoms in total. The van der Waals surface area contributed by atoms with Gasteiger partial charge in [0.1, 0.15) is 17.3 Å². The number of imidazole rings is 1. The first-order chi connectivity index (χ1) is 9.58. The molecule has 1 heterocycles. The number of hydrogen-bond acceptors (Lipinski definition) is 2. The third-order valence-corrected chi connectivity index (χ3v) is 3.59. The van der Waals surface area contributed by atoms with Gasteiger partial charge in [-0.25, -0.2) is 4.98 Å². The Hall–Kier alpha value is -2.21. The summed E-state index contributed by atoms with van der Waals surface area (Å²) in [6.45, 7) is 6.79. The number of terminal acetylenes is 1. The van der Waals surface area contributed by atoms with Crippen LogP contribution in [0.5, 0.6) is 0 Å². The van der Waals surface area contributed by atoms with Crippen LogP contribution in [0, 0.1) is 26.2 Å². The summed E-state index contributed by atoms with van der Waals surface area (Å²) in [5.41, 5.74) is 10.6. The Labute approximate surface area is 120 Å². The molecule has 1 aromatic carbocycles. The van der Waals surface area contributed by atoms with E-state index in [1.54, 1.807) is 0 Å². The van der Waals surface area contributed by atoms with Gasteiger partial charge in [0.15, 0.2) is 0 Å². The lowest BCUT2D eigenvalue weighted by atomic mass is 10.0. The number of aromatic nitrogens is 2. The number of benzene rings is 1. The predicted octanol–water partition coefficient (Wildman–Crippen LogP) is 3.33. The topological polar surface area (TPSA) is 43.8 Å². The fraction of sp³-hybridized carbons (Fsp3) is 0.353. The molecular formula is C17H21N3. The zero-order chi connectivity index (χ0) is 14.7. The molecule has 2 N–H and O–H groups in total. The van der Waals surface area contributed by atoms with E-state index < -0.39 is 0 Å². The summed E-state index contributed by atoms with van der Waals surface area (Å²) in [5, 5.41) is 0. The summed E-state index contributed by atoms with van der Waals surface area (Å²) in [6.07, 6.45) is 7.34. The van der Waals surface area contributed by atoms with E-state index in [4.69, 9.17) is 17.1 Å². The largest absolute Gasteiger partial charge is 0.383 e. The van der Waals surface area contributed by atoms with Gasteiger partial charge in [-0.3, -0.25) is 0 Å². The van der Waals surface area contributed by atoms with Crippen molar-refractivity contribution in [2.75, 3.05) is 5.73 Å². The molecule has 0 spiro atoms. The second-order valence-corrected chi connectivity index (χ2v) is 5.10. The van der Waals surface area contributed by atoms with E-state index in [1.807, 2.05) is 4.57 Å². The highest BCUT2D eigenvalue weighted by Gasteiger charge is 2.15. The van der Waals surface area contributed by atoms with E-state index >= 15 is 0 Å². The van der Waals surface area contributed by atoms with E-state index in [9.17, 15) is 0 Å². The van der Waals surface area contributed by atoms with Crippen LogP contribution in [0.1, 0.15) is 30.3 Å². The van der Waals surface area contributed by atoms with Crippen LogP contribution in [-0.2, 0) is 13.0 Å². The number of nitrogens with two attached hydrogens (primary N) is 1. The number of hydrogen-bond donors (Lipinski definition) is 1. The molecule has 0 aliphatic rings. The molecule has 0 saturated heterocycles. The molecular weight excluding hydrogens is 246 g/mol.